The Balaban J connectivity index is -0.0000000476. The van der Waals surface area contributed by atoms with Crippen molar-refractivity contribution in [2.75, 3.05) is 0 Å². The maximum Gasteiger partial charge on any atom is 5.00 e. The first kappa shape index (κ1) is 40.6. The van der Waals surface area contributed by atoms with Crippen molar-refractivity contribution in [1.29, 1.82) is 0 Å². The van der Waals surface area contributed by atoms with Crippen LogP contribution in [0.15, 0.2) is 0 Å². The van der Waals surface area contributed by atoms with Crippen molar-refractivity contribution in [1.82, 2.24) is 0 Å². The van der Waals surface area contributed by atoms with Crippen LogP contribution in [0.3, 0.4) is 0 Å². The predicted molar refractivity (Wildman–Crippen MR) is 10.3 cm³/mol. The Kier molecular flexibility index (Phi) is 25.0. The molecule has 0 aromatic heterocycles. The van der Waals surface area contributed by atoms with E-state index >= 15 is 0 Å². The van der Waals surface area contributed by atoms with Crippen LogP contribution in [0.4, 0.5) is 0 Å². The van der Waals surface area contributed by atoms with Gasteiger partial charge in [0.25, 0.3) is 0 Å². The second-order valence-corrected chi connectivity index (χ2v) is 7.79. The first-order valence-electron chi connectivity index (χ1n) is 3.09. The number of hydrogen-bond donors (Lipinski definition) is 0. The van der Waals surface area contributed by atoms with E-state index in [-0.39, 0.29) is 18.6 Å². The van der Waals surface area contributed by atoms with Crippen molar-refractivity contribution in [3.05, 3.63) is 0 Å². The van der Waals surface area contributed by atoms with Gasteiger partial charge in [0.1, 0.15) is 0 Å². The van der Waals surface area contributed by atoms with Gasteiger partial charge in [0.2, 0.25) is 0 Å². The fraction of sp³-hybridized carbons (Fsp3) is 0. The molecule has 0 N–H and O–H groups in total. The van der Waals surface area contributed by atoms with E-state index in [2.05, 4.69) is 0 Å². The minimum Gasteiger partial charge on any atom is 5.00 e. The average Bonchev–Trinajstić information content (AvgIpc) is 1.79. The second kappa shape index (κ2) is 16.0. The summed E-state index contributed by atoms with van der Waals surface area (Å²) in [5.41, 5.74) is 0. The van der Waals surface area contributed by atoms with Crippen LogP contribution in [0.1, 0.15) is 0 Å². The zero-order chi connectivity index (χ0) is 22.5. The quantitative estimate of drug-likeness (QED) is 0.221. The molecule has 0 aliphatic carbocycles. The Hall–Kier alpha value is -0.0182. The first-order chi connectivity index (χ1) is 10.0. The molecule has 0 fully saturated rings. The molecule has 0 atom stereocenters. The average molecular weight is 646 g/mol. The standard InChI is InChI=1S/5Mn.20O.V/q;;;;;;;;;;;;;;;;;;;;5*-1;+5. The van der Waals surface area contributed by atoms with Crippen molar-refractivity contribution in [3.63, 3.8) is 0 Å². The summed E-state index contributed by atoms with van der Waals surface area (Å²) in [4.78, 5) is 0. The summed E-state index contributed by atoms with van der Waals surface area (Å²) < 4.78 is 172. The normalized spacial score (nSPS) is 11.0. The molecular weight excluding hydrogens is 646 g/mol. The van der Waals surface area contributed by atoms with Crippen LogP contribution in [0.25, 0.3) is 0 Å². The van der Waals surface area contributed by atoms with E-state index in [9.17, 15) is 0 Å². The summed E-state index contributed by atoms with van der Waals surface area (Å²) in [5, 5.41) is 0. The molecule has 0 aliphatic heterocycles. The van der Waals surface area contributed by atoms with E-state index in [0.29, 0.717) is 0 Å². The van der Waals surface area contributed by atoms with E-state index in [1.54, 1.807) is 0 Å². The number of rotatable bonds is 0. The number of hydrogen-bond acceptors (Lipinski definition) is 20. The van der Waals surface area contributed by atoms with Crippen LogP contribution in [0.2, 0.25) is 0 Å². The minimum absolute atomic E-state index is 0. The van der Waals surface area contributed by atoms with E-state index in [4.69, 9.17) is 78.5 Å². The smallest absolute Gasteiger partial charge is 5.00 e. The minimum atomic E-state index is -5.62. The fourth-order valence-corrected chi connectivity index (χ4v) is 0. The molecule has 0 radical (unpaired) electrons. The fourth-order valence-electron chi connectivity index (χ4n) is 0. The van der Waals surface area contributed by atoms with Crippen molar-refractivity contribution in [3.8, 4) is 0 Å². The molecule has 0 amide bonds. The summed E-state index contributed by atoms with van der Waals surface area (Å²) in [6, 6.07) is 0. The van der Waals surface area contributed by atoms with Gasteiger partial charge in [-0.15, -0.1) is 0 Å². The van der Waals surface area contributed by atoms with E-state index in [0.717, 1.165) is 0 Å². The Bertz CT molecular complexity index is 874. The largest absolute Gasteiger partial charge is 5.00 e. The van der Waals surface area contributed by atoms with Gasteiger partial charge in [-0.2, -0.15) is 0 Å². The van der Waals surface area contributed by atoms with Crippen molar-refractivity contribution in [2.24, 2.45) is 0 Å². The van der Waals surface area contributed by atoms with Crippen LogP contribution >= 0.6 is 0 Å². The van der Waals surface area contributed by atoms with Crippen LogP contribution in [0.5, 0.6) is 0 Å². The first-order valence-corrected chi connectivity index (χ1v) is 12.7. The molecule has 0 bridgehead atoms. The Morgan fingerprint density at radius 3 is 0.269 bits per heavy atom. The third-order valence-corrected chi connectivity index (χ3v) is 0. The Morgan fingerprint density at radius 2 is 0.269 bits per heavy atom. The predicted octanol–water partition coefficient (Wildman–Crippen LogP) is -7.74. The summed E-state index contributed by atoms with van der Waals surface area (Å²) in [6.07, 6.45) is 0. The summed E-state index contributed by atoms with van der Waals surface area (Å²) in [5.74, 6) is 0. The van der Waals surface area contributed by atoms with Gasteiger partial charge in [-0.25, -0.2) is 0 Å². The van der Waals surface area contributed by atoms with Crippen molar-refractivity contribution >= 4 is 0 Å². The molecule has 0 rings (SSSR count). The molecular formula is Mn5O20V. The van der Waals surface area contributed by atoms with Gasteiger partial charge in [-0.3, -0.25) is 0 Å². The molecule has 0 aromatic carbocycles. The zero-order valence-electron chi connectivity index (χ0n) is 10.5. The maximum atomic E-state index is 8.58. The topological polar surface area (TPSA) is 371 Å². The molecule has 26 heavy (non-hydrogen) atoms. The van der Waals surface area contributed by atoms with Gasteiger partial charge in [-0.05, 0) is 0 Å². The molecule has 160 valence electrons. The molecule has 20 nitrogen and oxygen atoms in total. The summed E-state index contributed by atoms with van der Waals surface area (Å²) >= 11 is -28.1. The molecule has 26 heteroatoms. The molecule has 0 aromatic rings. The van der Waals surface area contributed by atoms with Gasteiger partial charge >= 0.3 is 162 Å². The van der Waals surface area contributed by atoms with Gasteiger partial charge in [0.15, 0.2) is 0 Å². The second-order valence-electron chi connectivity index (χ2n) is 1.89. The monoisotopic (exact) mass is 646 g/mol. The van der Waals surface area contributed by atoms with Gasteiger partial charge in [0, 0.05) is 0 Å². The van der Waals surface area contributed by atoms with Crippen LogP contribution in [-0.4, -0.2) is 0 Å². The molecule has 0 aliphatic rings. The third kappa shape index (κ3) is 38300000. The maximum absolute atomic E-state index is 8.58. The van der Waals surface area contributed by atoms with Crippen molar-refractivity contribution < 1.29 is 162 Å². The Morgan fingerprint density at radius 1 is 0.269 bits per heavy atom. The van der Waals surface area contributed by atoms with Crippen LogP contribution < -0.4 is 20.9 Å². The van der Waals surface area contributed by atoms with Crippen LogP contribution in [0, 0.1) is 0 Å². The van der Waals surface area contributed by atoms with Gasteiger partial charge in [0.05, 0.1) is 0 Å². The summed E-state index contributed by atoms with van der Waals surface area (Å²) in [6.45, 7) is 0. The van der Waals surface area contributed by atoms with Crippen LogP contribution in [-0.2, 0) is 141 Å². The SMILES string of the molecule is [O]=[Mn](=[O])(=[O])[O-].[O]=[Mn](=[O])(=[O])[O-].[O]=[Mn](=[O])(=[O])[O-].[O]=[Mn](=[O])(=[O])[O-].[O]=[Mn](=[O])(=[O])[O-].[V+5]. The molecule has 0 unspecified atom stereocenters. The zero-order valence-corrected chi connectivity index (χ0v) is 17.8. The van der Waals surface area contributed by atoms with E-state index < -0.39 is 64.9 Å². The molecule has 0 heterocycles. The molecule has 0 saturated heterocycles. The molecule has 0 spiro atoms. The molecule has 0 saturated carbocycles. The van der Waals surface area contributed by atoms with Gasteiger partial charge < -0.3 is 0 Å². The van der Waals surface area contributed by atoms with E-state index in [1.165, 1.54) is 0 Å². The van der Waals surface area contributed by atoms with Crippen molar-refractivity contribution in [2.45, 2.75) is 0 Å². The summed E-state index contributed by atoms with van der Waals surface area (Å²) in [7, 11) is 0. The Labute approximate surface area is 160 Å². The van der Waals surface area contributed by atoms with E-state index in [1.807, 2.05) is 0 Å². The van der Waals surface area contributed by atoms with Gasteiger partial charge in [-0.1, -0.05) is 0 Å². The third-order valence-electron chi connectivity index (χ3n) is 0.